The first kappa shape index (κ1) is 45.1. The normalized spacial score (nSPS) is 19.1. The average Bonchev–Trinajstić information content (AvgIpc) is 3.24. The summed E-state index contributed by atoms with van der Waals surface area (Å²) < 4.78 is 13.4. The van der Waals surface area contributed by atoms with Gasteiger partial charge in [-0.25, -0.2) is 4.39 Å². The average molecular weight is 838 g/mol. The number of carbonyl (C=O) groups is 6. The summed E-state index contributed by atoms with van der Waals surface area (Å²) in [7, 11) is 0. The van der Waals surface area contributed by atoms with Crippen LogP contribution in [0.25, 0.3) is 10.8 Å². The lowest BCUT2D eigenvalue weighted by Gasteiger charge is -2.33. The van der Waals surface area contributed by atoms with Crippen molar-refractivity contribution in [3.05, 3.63) is 114 Å². The zero-order valence-electron chi connectivity index (χ0n) is 33.9. The summed E-state index contributed by atoms with van der Waals surface area (Å²) in [4.78, 5) is 88.1. The van der Waals surface area contributed by atoms with E-state index in [-0.39, 0.29) is 62.6 Å². The fraction of sp³-hybridized carbons (Fsp3) is 0.341. The van der Waals surface area contributed by atoms with Crippen LogP contribution in [0.1, 0.15) is 54.1 Å². The molecule has 1 saturated heterocycles. The van der Waals surface area contributed by atoms with Crippen molar-refractivity contribution < 1.29 is 38.3 Å². The minimum absolute atomic E-state index is 0.00316. The molecular weight excluding hydrogens is 786 g/mol. The topological polar surface area (TPSA) is 250 Å². The molecule has 1 aliphatic rings. The van der Waals surface area contributed by atoms with Crippen LogP contribution in [0.5, 0.6) is 5.75 Å². The van der Waals surface area contributed by atoms with E-state index in [9.17, 15) is 38.3 Å². The van der Waals surface area contributed by atoms with Crippen LogP contribution < -0.4 is 38.1 Å². The Bertz CT molecular complexity index is 2220. The first-order valence-electron chi connectivity index (χ1n) is 20.1. The van der Waals surface area contributed by atoms with Crippen LogP contribution >= 0.6 is 0 Å². The first-order valence-corrected chi connectivity index (χ1v) is 20.1. The Kier molecular flexibility index (Phi) is 16.1. The van der Waals surface area contributed by atoms with Crippen molar-refractivity contribution in [1.29, 1.82) is 0 Å². The minimum atomic E-state index is -1.23. The van der Waals surface area contributed by atoms with Gasteiger partial charge in [0.05, 0.1) is 6.54 Å². The van der Waals surface area contributed by atoms with E-state index in [1.807, 2.05) is 42.5 Å². The third-order valence-electron chi connectivity index (χ3n) is 10.2. The number of aromatic hydroxyl groups is 1. The minimum Gasteiger partial charge on any atom is -0.508 e. The number of amides is 6. The van der Waals surface area contributed by atoms with Crippen molar-refractivity contribution in [2.24, 2.45) is 16.5 Å². The second kappa shape index (κ2) is 21.8. The van der Waals surface area contributed by atoms with E-state index in [2.05, 4.69) is 31.6 Å². The number of hydrogen-bond acceptors (Lipinski definition) is 8. The third-order valence-corrected chi connectivity index (χ3v) is 10.2. The monoisotopic (exact) mass is 837 g/mol. The fourth-order valence-electron chi connectivity index (χ4n) is 6.90. The maximum atomic E-state index is 14.6. The lowest BCUT2D eigenvalue weighted by Crippen LogP contribution is -2.58. The molecule has 4 aromatic rings. The molecular formula is C44H52FN9O7. The van der Waals surface area contributed by atoms with E-state index in [1.165, 1.54) is 48.2 Å². The van der Waals surface area contributed by atoms with Gasteiger partial charge in [0.2, 0.25) is 29.5 Å². The Morgan fingerprint density at radius 2 is 1.46 bits per heavy atom. The zero-order chi connectivity index (χ0) is 43.9. The van der Waals surface area contributed by atoms with Gasteiger partial charge in [-0.3, -0.25) is 33.8 Å². The predicted molar refractivity (Wildman–Crippen MR) is 227 cm³/mol. The van der Waals surface area contributed by atoms with Gasteiger partial charge in [0, 0.05) is 38.0 Å². The van der Waals surface area contributed by atoms with Crippen LogP contribution in [-0.2, 0) is 36.8 Å². The van der Waals surface area contributed by atoms with Gasteiger partial charge in [0.15, 0.2) is 5.96 Å². The maximum Gasteiger partial charge on any atom is 0.251 e. The van der Waals surface area contributed by atoms with E-state index in [1.54, 1.807) is 12.1 Å². The first-order chi connectivity index (χ1) is 29.3. The molecule has 0 aliphatic carbocycles. The van der Waals surface area contributed by atoms with Crippen molar-refractivity contribution in [2.75, 3.05) is 26.2 Å². The van der Waals surface area contributed by atoms with Gasteiger partial charge in [-0.1, -0.05) is 54.6 Å². The summed E-state index contributed by atoms with van der Waals surface area (Å²) in [5.41, 5.74) is 12.6. The molecule has 16 nitrogen and oxygen atoms in total. The number of hydrogen-bond donors (Lipinski definition) is 8. The lowest BCUT2D eigenvalue weighted by atomic mass is 10.0. The molecule has 17 heteroatoms. The van der Waals surface area contributed by atoms with Gasteiger partial charge >= 0.3 is 0 Å². The molecule has 0 unspecified atom stereocenters. The van der Waals surface area contributed by atoms with Gasteiger partial charge in [-0.15, -0.1) is 0 Å². The summed E-state index contributed by atoms with van der Waals surface area (Å²) in [6.07, 6.45) is 1.04. The quantitative estimate of drug-likeness (QED) is 0.0521. The molecule has 0 bridgehead atoms. The van der Waals surface area contributed by atoms with Gasteiger partial charge < -0.3 is 48.1 Å². The van der Waals surface area contributed by atoms with E-state index in [0.29, 0.717) is 18.4 Å². The van der Waals surface area contributed by atoms with Crippen molar-refractivity contribution >= 4 is 52.2 Å². The Morgan fingerprint density at radius 3 is 2.18 bits per heavy atom. The molecule has 1 fully saturated rings. The highest BCUT2D eigenvalue weighted by Gasteiger charge is 2.35. The number of rotatable bonds is 14. The number of phenols is 1. The number of aliphatic imine (C=N–C) groups is 1. The van der Waals surface area contributed by atoms with Crippen LogP contribution in [0.4, 0.5) is 4.39 Å². The molecule has 0 saturated carbocycles. The van der Waals surface area contributed by atoms with Crippen molar-refractivity contribution in [1.82, 2.24) is 31.5 Å². The van der Waals surface area contributed by atoms with E-state index < -0.39 is 72.0 Å². The van der Waals surface area contributed by atoms with E-state index >= 15 is 0 Å². The summed E-state index contributed by atoms with van der Waals surface area (Å²) in [5.74, 6) is -4.38. The standard InChI is InChI=1S/C44H52FN9O7/c1-27-39(57)52-35(9-6-21-49-44(46)47)42(60)53-36(25-29-10-13-30-7-2-3-8-32(30)23-29)41(59)50-26-38(56)51-37(24-28-11-18-34(55)19-12-28)43(61)54(27)22-5-4-20-48-40(58)31-14-16-33(45)17-15-31/h2-3,7-8,10-19,23,27,35-37,55H,4-6,9,20-22,24-26H2,1H3,(H,48,58)(H,50,59)(H,51,56)(H,52,57)(H,53,60)(H4,46,47,49)/t27-,35+,36+,37-/m1/s1. The molecule has 10 N–H and O–H groups in total. The molecule has 0 spiro atoms. The number of halogens is 1. The third kappa shape index (κ3) is 13.5. The Labute approximate surface area is 352 Å². The van der Waals surface area contributed by atoms with E-state index in [4.69, 9.17) is 11.5 Å². The number of unbranched alkanes of at least 4 members (excludes halogenated alkanes) is 1. The van der Waals surface area contributed by atoms with E-state index in [0.717, 1.165) is 16.3 Å². The molecule has 322 valence electrons. The van der Waals surface area contributed by atoms with Crippen molar-refractivity contribution in [3.63, 3.8) is 0 Å². The molecule has 1 heterocycles. The second-order valence-corrected chi connectivity index (χ2v) is 14.8. The van der Waals surface area contributed by atoms with Crippen molar-refractivity contribution in [3.8, 4) is 5.75 Å². The Morgan fingerprint density at radius 1 is 0.787 bits per heavy atom. The lowest BCUT2D eigenvalue weighted by molar-refractivity contribution is -0.143. The van der Waals surface area contributed by atoms with Crippen LogP contribution in [0.3, 0.4) is 0 Å². The van der Waals surface area contributed by atoms with Crippen molar-refractivity contribution in [2.45, 2.75) is 69.6 Å². The van der Waals surface area contributed by atoms with Crippen LogP contribution in [-0.4, -0.2) is 102 Å². The largest absolute Gasteiger partial charge is 0.508 e. The van der Waals surface area contributed by atoms with Crippen LogP contribution in [0, 0.1) is 5.82 Å². The van der Waals surface area contributed by atoms with Crippen LogP contribution in [0.2, 0.25) is 0 Å². The summed E-state index contributed by atoms with van der Waals surface area (Å²) in [5, 5.41) is 25.5. The number of fused-ring (bicyclic) bond motifs is 1. The van der Waals surface area contributed by atoms with Gasteiger partial charge in [-0.05, 0) is 90.9 Å². The number of nitrogens with zero attached hydrogens (tertiary/aromatic N) is 2. The number of nitrogens with one attached hydrogen (secondary N) is 5. The fourth-order valence-corrected chi connectivity index (χ4v) is 6.90. The molecule has 4 atom stereocenters. The molecule has 61 heavy (non-hydrogen) atoms. The molecule has 1 aliphatic heterocycles. The highest BCUT2D eigenvalue weighted by Crippen LogP contribution is 2.18. The molecule has 0 aromatic heterocycles. The number of phenolic OH excluding ortho intramolecular Hbond substituents is 1. The second-order valence-electron chi connectivity index (χ2n) is 14.8. The zero-order valence-corrected chi connectivity index (χ0v) is 33.9. The Hall–Kier alpha value is -7.04. The Balaban J connectivity index is 1.42. The SMILES string of the molecule is C[C@@H]1C(=O)N[C@@H](CCCN=C(N)N)C(=O)N[C@@H](Cc2ccc3ccccc3c2)C(=O)NCC(=O)N[C@H](Cc2ccc(O)cc2)C(=O)N1CCCCNC(=O)c1ccc(F)cc1. The summed E-state index contributed by atoms with van der Waals surface area (Å²) in [6, 6.07) is 19.7. The number of guanidine groups is 1. The summed E-state index contributed by atoms with van der Waals surface area (Å²) in [6.45, 7) is 1.32. The predicted octanol–water partition coefficient (Wildman–Crippen LogP) is 1.53. The smallest absolute Gasteiger partial charge is 0.251 e. The van der Waals surface area contributed by atoms with Gasteiger partial charge in [0.25, 0.3) is 5.91 Å². The molecule has 4 aromatic carbocycles. The molecule has 6 amide bonds. The van der Waals surface area contributed by atoms with Gasteiger partial charge in [0.1, 0.15) is 35.7 Å². The summed E-state index contributed by atoms with van der Waals surface area (Å²) >= 11 is 0. The maximum absolute atomic E-state index is 14.6. The highest BCUT2D eigenvalue weighted by atomic mass is 19.1. The molecule has 5 rings (SSSR count). The highest BCUT2D eigenvalue weighted by molar-refractivity contribution is 5.97. The van der Waals surface area contributed by atoms with Gasteiger partial charge in [-0.2, -0.15) is 0 Å². The number of carbonyl (C=O) groups excluding carboxylic acids is 6. The molecule has 0 radical (unpaired) electrons. The van der Waals surface area contributed by atoms with Crippen LogP contribution in [0.15, 0.2) is 96.0 Å². The number of benzene rings is 4. The number of nitrogens with two attached hydrogens (primary N) is 2.